The molecule has 1 N–H and O–H groups in total. The van der Waals surface area contributed by atoms with Gasteiger partial charge in [-0.15, -0.1) is 0 Å². The van der Waals surface area contributed by atoms with Gasteiger partial charge in [-0.3, -0.25) is 4.90 Å². The first-order chi connectivity index (χ1) is 10.3. The second-order valence-corrected chi connectivity index (χ2v) is 7.56. The summed E-state index contributed by atoms with van der Waals surface area (Å²) >= 11 is 0. The minimum atomic E-state index is 0.466. The van der Waals surface area contributed by atoms with Gasteiger partial charge in [0, 0.05) is 31.3 Å². The van der Waals surface area contributed by atoms with E-state index < -0.39 is 0 Å². The molecule has 0 aromatic carbocycles. The highest BCUT2D eigenvalue weighted by atomic mass is 16.5. The van der Waals surface area contributed by atoms with Crippen LogP contribution in [0.5, 0.6) is 0 Å². The highest BCUT2D eigenvalue weighted by molar-refractivity contribution is 5.00. The van der Waals surface area contributed by atoms with Crippen molar-refractivity contribution in [1.82, 2.24) is 10.2 Å². The SMILES string of the molecule is CCCC1CNC2(CCCC2)CN1CCCC1CCCO1. The number of ether oxygens (including phenoxy) is 1. The van der Waals surface area contributed by atoms with Crippen LogP contribution in [0.2, 0.25) is 0 Å². The molecule has 1 saturated carbocycles. The van der Waals surface area contributed by atoms with Crippen molar-refractivity contribution in [3.63, 3.8) is 0 Å². The highest BCUT2D eigenvalue weighted by Gasteiger charge is 2.40. The third-order valence-corrected chi connectivity index (χ3v) is 5.91. The Hall–Kier alpha value is -0.120. The van der Waals surface area contributed by atoms with Crippen LogP contribution in [-0.4, -0.2) is 48.8 Å². The molecule has 3 fully saturated rings. The molecule has 2 atom stereocenters. The van der Waals surface area contributed by atoms with Crippen LogP contribution >= 0.6 is 0 Å². The van der Waals surface area contributed by atoms with Gasteiger partial charge in [-0.1, -0.05) is 26.2 Å². The Labute approximate surface area is 130 Å². The number of piperazine rings is 1. The van der Waals surface area contributed by atoms with E-state index in [1.807, 2.05) is 0 Å². The van der Waals surface area contributed by atoms with Gasteiger partial charge in [-0.2, -0.15) is 0 Å². The number of rotatable bonds is 6. The van der Waals surface area contributed by atoms with Crippen LogP contribution in [0.15, 0.2) is 0 Å². The molecule has 0 aromatic heterocycles. The predicted octanol–water partition coefficient (Wildman–Crippen LogP) is 3.33. The van der Waals surface area contributed by atoms with Gasteiger partial charge in [-0.05, 0) is 51.5 Å². The van der Waals surface area contributed by atoms with Crippen LogP contribution in [0.3, 0.4) is 0 Å². The molecule has 0 aromatic rings. The van der Waals surface area contributed by atoms with Crippen molar-refractivity contribution in [2.75, 3.05) is 26.2 Å². The predicted molar refractivity (Wildman–Crippen MR) is 87.7 cm³/mol. The van der Waals surface area contributed by atoms with Crippen molar-refractivity contribution >= 4 is 0 Å². The van der Waals surface area contributed by atoms with Crippen LogP contribution in [0.4, 0.5) is 0 Å². The van der Waals surface area contributed by atoms with E-state index in [1.54, 1.807) is 0 Å². The summed E-state index contributed by atoms with van der Waals surface area (Å²) < 4.78 is 5.78. The van der Waals surface area contributed by atoms with Crippen molar-refractivity contribution in [2.45, 2.75) is 88.8 Å². The van der Waals surface area contributed by atoms with Crippen molar-refractivity contribution in [1.29, 1.82) is 0 Å². The summed E-state index contributed by atoms with van der Waals surface area (Å²) in [4.78, 5) is 2.82. The lowest BCUT2D eigenvalue weighted by Crippen LogP contribution is -2.63. The van der Waals surface area contributed by atoms with Crippen molar-refractivity contribution in [2.24, 2.45) is 0 Å². The third-order valence-electron chi connectivity index (χ3n) is 5.91. The lowest BCUT2D eigenvalue weighted by atomic mass is 9.91. The second kappa shape index (κ2) is 7.43. The molecule has 0 amide bonds. The highest BCUT2D eigenvalue weighted by Crippen LogP contribution is 2.34. The van der Waals surface area contributed by atoms with Crippen LogP contribution in [0, 0.1) is 0 Å². The number of nitrogens with zero attached hydrogens (tertiary/aromatic N) is 1. The van der Waals surface area contributed by atoms with E-state index in [-0.39, 0.29) is 0 Å². The first-order valence-electron chi connectivity index (χ1n) is 9.42. The van der Waals surface area contributed by atoms with E-state index in [0.717, 1.165) is 12.6 Å². The summed E-state index contributed by atoms with van der Waals surface area (Å²) in [7, 11) is 0. The van der Waals surface area contributed by atoms with Gasteiger partial charge in [-0.25, -0.2) is 0 Å². The molecule has 2 heterocycles. The monoisotopic (exact) mass is 294 g/mol. The zero-order chi connectivity index (χ0) is 14.5. The van der Waals surface area contributed by atoms with Crippen molar-refractivity contribution < 1.29 is 4.74 Å². The summed E-state index contributed by atoms with van der Waals surface area (Å²) in [6.45, 7) is 7.12. The lowest BCUT2D eigenvalue weighted by Gasteiger charge is -2.46. The molecular formula is C18H34N2O. The summed E-state index contributed by atoms with van der Waals surface area (Å²) in [5.41, 5.74) is 0.466. The molecule has 3 aliphatic rings. The molecule has 2 unspecified atom stereocenters. The maximum Gasteiger partial charge on any atom is 0.0576 e. The van der Waals surface area contributed by atoms with Crippen LogP contribution in [-0.2, 0) is 4.74 Å². The zero-order valence-corrected chi connectivity index (χ0v) is 13.9. The van der Waals surface area contributed by atoms with Gasteiger partial charge >= 0.3 is 0 Å². The van der Waals surface area contributed by atoms with Gasteiger partial charge < -0.3 is 10.1 Å². The summed E-state index contributed by atoms with van der Waals surface area (Å²) in [6.07, 6.45) is 14.0. The minimum Gasteiger partial charge on any atom is -0.378 e. The lowest BCUT2D eigenvalue weighted by molar-refractivity contribution is 0.0629. The first kappa shape index (κ1) is 15.8. The smallest absolute Gasteiger partial charge is 0.0576 e. The fraction of sp³-hybridized carbons (Fsp3) is 1.00. The Morgan fingerprint density at radius 1 is 1.19 bits per heavy atom. The fourth-order valence-electron chi connectivity index (χ4n) is 4.70. The zero-order valence-electron chi connectivity index (χ0n) is 13.9. The molecule has 21 heavy (non-hydrogen) atoms. The Balaban J connectivity index is 1.50. The number of hydrogen-bond donors (Lipinski definition) is 1. The van der Waals surface area contributed by atoms with E-state index in [0.29, 0.717) is 11.6 Å². The van der Waals surface area contributed by atoms with Gasteiger partial charge in [0.1, 0.15) is 0 Å². The maximum atomic E-state index is 5.78. The summed E-state index contributed by atoms with van der Waals surface area (Å²) in [5.74, 6) is 0. The minimum absolute atomic E-state index is 0.466. The number of hydrogen-bond acceptors (Lipinski definition) is 3. The molecule has 2 saturated heterocycles. The molecule has 0 radical (unpaired) electrons. The standard InChI is InChI=1S/C18H34N2O/c1-2-7-16-14-19-18(10-3-4-11-18)15-20(16)12-5-8-17-9-6-13-21-17/h16-17,19H,2-15H2,1H3. The van der Waals surface area contributed by atoms with Crippen LogP contribution in [0.25, 0.3) is 0 Å². The Morgan fingerprint density at radius 3 is 2.76 bits per heavy atom. The molecule has 3 nitrogen and oxygen atoms in total. The van der Waals surface area contributed by atoms with E-state index in [4.69, 9.17) is 4.74 Å². The van der Waals surface area contributed by atoms with E-state index in [9.17, 15) is 0 Å². The average molecular weight is 294 g/mol. The van der Waals surface area contributed by atoms with Crippen LogP contribution < -0.4 is 5.32 Å². The fourth-order valence-corrected chi connectivity index (χ4v) is 4.70. The summed E-state index contributed by atoms with van der Waals surface area (Å²) in [5, 5.41) is 3.92. The van der Waals surface area contributed by atoms with Crippen LogP contribution in [0.1, 0.15) is 71.1 Å². The summed E-state index contributed by atoms with van der Waals surface area (Å²) in [6, 6.07) is 0.769. The maximum absolute atomic E-state index is 5.78. The van der Waals surface area contributed by atoms with Gasteiger partial charge in [0.15, 0.2) is 0 Å². The number of nitrogens with one attached hydrogen (secondary N) is 1. The van der Waals surface area contributed by atoms with Crippen molar-refractivity contribution in [3.8, 4) is 0 Å². The molecule has 2 aliphatic heterocycles. The largest absolute Gasteiger partial charge is 0.378 e. The van der Waals surface area contributed by atoms with Crippen molar-refractivity contribution in [3.05, 3.63) is 0 Å². The van der Waals surface area contributed by atoms with Gasteiger partial charge in [0.05, 0.1) is 6.10 Å². The van der Waals surface area contributed by atoms with Gasteiger partial charge in [0.2, 0.25) is 0 Å². The van der Waals surface area contributed by atoms with E-state index in [1.165, 1.54) is 83.8 Å². The molecule has 1 spiro atoms. The normalized spacial score (nSPS) is 33.0. The molecular weight excluding hydrogens is 260 g/mol. The van der Waals surface area contributed by atoms with E-state index in [2.05, 4.69) is 17.1 Å². The Morgan fingerprint density at radius 2 is 2.05 bits per heavy atom. The Kier molecular flexibility index (Phi) is 5.58. The molecule has 122 valence electrons. The molecule has 3 heteroatoms. The third kappa shape index (κ3) is 4.00. The molecule has 1 aliphatic carbocycles. The van der Waals surface area contributed by atoms with E-state index >= 15 is 0 Å². The first-order valence-corrected chi connectivity index (χ1v) is 9.42. The average Bonchev–Trinajstić information content (AvgIpc) is 3.15. The second-order valence-electron chi connectivity index (χ2n) is 7.56. The Bertz CT molecular complexity index is 308. The topological polar surface area (TPSA) is 24.5 Å². The molecule has 0 bridgehead atoms. The molecule has 3 rings (SSSR count). The quantitative estimate of drug-likeness (QED) is 0.813. The van der Waals surface area contributed by atoms with Gasteiger partial charge in [0.25, 0.3) is 0 Å².